The summed E-state index contributed by atoms with van der Waals surface area (Å²) in [5.74, 6) is -1.32. The predicted molar refractivity (Wildman–Crippen MR) is 81.7 cm³/mol. The Morgan fingerprint density at radius 3 is 2.32 bits per heavy atom. The molecule has 1 unspecified atom stereocenters. The molecule has 2 fully saturated rings. The molecule has 0 aromatic rings. The minimum atomic E-state index is -1.14. The first-order valence-corrected chi connectivity index (χ1v) is 8.15. The van der Waals surface area contributed by atoms with Crippen LogP contribution in [0.1, 0.15) is 45.4 Å². The zero-order valence-corrected chi connectivity index (χ0v) is 13.9. The van der Waals surface area contributed by atoms with Crippen LogP contribution in [-0.4, -0.2) is 34.9 Å². The summed E-state index contributed by atoms with van der Waals surface area (Å²) in [7, 11) is 0. The summed E-state index contributed by atoms with van der Waals surface area (Å²) in [4.78, 5) is 35.0. The highest BCUT2D eigenvalue weighted by atomic mass is 35.5. The minimum absolute atomic E-state index is 0.0996. The smallest absolute Gasteiger partial charge is 0.321 e. The van der Waals surface area contributed by atoms with Gasteiger partial charge in [-0.15, -0.1) is 23.2 Å². The number of amides is 3. The SMILES string of the molecule is CC1(C(=O)OCC(=O)NC(=O)NC2CCCCC2)CC1(Cl)Cl. The summed E-state index contributed by atoms with van der Waals surface area (Å²) in [5, 5.41) is 4.88. The number of nitrogens with one attached hydrogen (secondary N) is 2. The predicted octanol–water partition coefficient (Wildman–Crippen LogP) is 2.27. The van der Waals surface area contributed by atoms with Crippen molar-refractivity contribution in [2.24, 2.45) is 5.41 Å². The Labute approximate surface area is 139 Å². The van der Waals surface area contributed by atoms with Gasteiger partial charge in [-0.05, 0) is 19.8 Å². The molecule has 22 heavy (non-hydrogen) atoms. The average molecular weight is 351 g/mol. The van der Waals surface area contributed by atoms with Gasteiger partial charge < -0.3 is 10.1 Å². The second-order valence-corrected chi connectivity index (χ2v) is 7.63. The second kappa shape index (κ2) is 6.62. The lowest BCUT2D eigenvalue weighted by Crippen LogP contribution is -2.46. The van der Waals surface area contributed by atoms with Crippen LogP contribution in [0.4, 0.5) is 4.79 Å². The molecule has 2 rings (SSSR count). The van der Waals surface area contributed by atoms with Gasteiger partial charge in [-0.25, -0.2) is 4.79 Å². The molecule has 2 aliphatic rings. The fourth-order valence-electron chi connectivity index (χ4n) is 2.54. The van der Waals surface area contributed by atoms with E-state index in [4.69, 9.17) is 27.9 Å². The van der Waals surface area contributed by atoms with Crippen molar-refractivity contribution in [1.82, 2.24) is 10.6 Å². The van der Waals surface area contributed by atoms with Gasteiger partial charge in [0.2, 0.25) is 0 Å². The summed E-state index contributed by atoms with van der Waals surface area (Å²) in [6, 6.07) is -0.461. The fraction of sp³-hybridized carbons (Fsp3) is 0.786. The van der Waals surface area contributed by atoms with E-state index >= 15 is 0 Å². The van der Waals surface area contributed by atoms with Crippen molar-refractivity contribution in [3.8, 4) is 0 Å². The Kier molecular flexibility index (Phi) is 5.22. The first-order chi connectivity index (χ1) is 10.2. The molecule has 2 N–H and O–H groups in total. The monoisotopic (exact) mass is 350 g/mol. The van der Waals surface area contributed by atoms with Crippen molar-refractivity contribution in [3.63, 3.8) is 0 Å². The van der Waals surface area contributed by atoms with Gasteiger partial charge in [0.05, 0.1) is 0 Å². The van der Waals surface area contributed by atoms with Crippen molar-refractivity contribution in [3.05, 3.63) is 0 Å². The van der Waals surface area contributed by atoms with Gasteiger partial charge in [0.15, 0.2) is 6.61 Å². The molecule has 8 heteroatoms. The molecule has 0 heterocycles. The number of halogens is 2. The van der Waals surface area contributed by atoms with Crippen LogP contribution in [0.5, 0.6) is 0 Å². The van der Waals surface area contributed by atoms with E-state index < -0.39 is 34.3 Å². The summed E-state index contributed by atoms with van der Waals surface area (Å²) in [6.45, 7) is 1.04. The number of rotatable bonds is 4. The van der Waals surface area contributed by atoms with E-state index in [2.05, 4.69) is 10.6 Å². The summed E-state index contributed by atoms with van der Waals surface area (Å²) < 4.78 is 3.72. The molecule has 0 radical (unpaired) electrons. The number of alkyl halides is 2. The van der Waals surface area contributed by atoms with Crippen molar-refractivity contribution in [2.45, 2.75) is 55.8 Å². The normalized spacial score (nSPS) is 26.9. The van der Waals surface area contributed by atoms with Gasteiger partial charge in [0, 0.05) is 12.5 Å². The standard InChI is InChI=1S/C14H20Cl2N2O4/c1-13(8-14(13,15)16)11(20)22-7-10(19)18-12(21)17-9-5-3-2-4-6-9/h9H,2-8H2,1H3,(H2,17,18,19,21). The third-order valence-electron chi connectivity index (χ3n) is 4.24. The largest absolute Gasteiger partial charge is 0.455 e. The molecule has 124 valence electrons. The molecule has 2 aliphatic carbocycles. The number of imide groups is 1. The van der Waals surface area contributed by atoms with Gasteiger partial charge in [-0.3, -0.25) is 14.9 Å². The summed E-state index contributed by atoms with van der Waals surface area (Å²) in [6.07, 6.45) is 5.45. The quantitative estimate of drug-likeness (QED) is 0.601. The first kappa shape index (κ1) is 17.3. The molecular weight excluding hydrogens is 331 g/mol. The zero-order chi connectivity index (χ0) is 16.4. The maximum absolute atomic E-state index is 11.8. The molecule has 0 spiro atoms. The fourth-order valence-corrected chi connectivity index (χ4v) is 3.23. The van der Waals surface area contributed by atoms with E-state index in [1.165, 1.54) is 6.42 Å². The van der Waals surface area contributed by atoms with E-state index in [9.17, 15) is 14.4 Å². The Bertz CT molecular complexity index is 477. The number of carbonyl (C=O) groups excluding carboxylic acids is 3. The maximum Gasteiger partial charge on any atom is 0.321 e. The lowest BCUT2D eigenvalue weighted by atomic mass is 9.96. The van der Waals surface area contributed by atoms with Crippen LogP contribution in [0.3, 0.4) is 0 Å². The van der Waals surface area contributed by atoms with Crippen molar-refractivity contribution in [1.29, 1.82) is 0 Å². The van der Waals surface area contributed by atoms with E-state index in [0.717, 1.165) is 25.7 Å². The molecule has 3 amide bonds. The number of ether oxygens (including phenoxy) is 1. The lowest BCUT2D eigenvalue weighted by Gasteiger charge is -2.22. The molecule has 0 aromatic carbocycles. The van der Waals surface area contributed by atoms with Crippen LogP contribution in [0.15, 0.2) is 0 Å². The molecule has 0 aromatic heterocycles. The summed E-state index contributed by atoms with van der Waals surface area (Å²) >= 11 is 11.7. The third kappa shape index (κ3) is 4.04. The highest BCUT2D eigenvalue weighted by molar-refractivity contribution is 6.53. The van der Waals surface area contributed by atoms with Crippen LogP contribution < -0.4 is 10.6 Å². The van der Waals surface area contributed by atoms with Crippen LogP contribution in [-0.2, 0) is 14.3 Å². The number of carbonyl (C=O) groups is 3. The van der Waals surface area contributed by atoms with Gasteiger partial charge in [0.25, 0.3) is 5.91 Å². The van der Waals surface area contributed by atoms with E-state index in [-0.39, 0.29) is 12.5 Å². The second-order valence-electron chi connectivity index (χ2n) is 6.15. The maximum atomic E-state index is 11.8. The van der Waals surface area contributed by atoms with Crippen molar-refractivity contribution >= 4 is 41.1 Å². The molecule has 2 saturated carbocycles. The average Bonchev–Trinajstić information content (AvgIpc) is 2.97. The van der Waals surface area contributed by atoms with Crippen molar-refractivity contribution in [2.75, 3.05) is 6.61 Å². The van der Waals surface area contributed by atoms with Crippen LogP contribution in [0, 0.1) is 5.41 Å². The molecule has 1 atom stereocenters. The highest BCUT2D eigenvalue weighted by Gasteiger charge is 2.69. The molecule has 6 nitrogen and oxygen atoms in total. The Balaban J connectivity index is 1.67. The Morgan fingerprint density at radius 2 is 1.77 bits per heavy atom. The zero-order valence-electron chi connectivity index (χ0n) is 12.4. The highest BCUT2D eigenvalue weighted by Crippen LogP contribution is 2.64. The van der Waals surface area contributed by atoms with Gasteiger partial charge in [-0.1, -0.05) is 19.3 Å². The number of hydrogen-bond donors (Lipinski definition) is 2. The van der Waals surface area contributed by atoms with Gasteiger partial charge in [-0.2, -0.15) is 0 Å². The van der Waals surface area contributed by atoms with Crippen LogP contribution in [0.25, 0.3) is 0 Å². The van der Waals surface area contributed by atoms with Crippen LogP contribution >= 0.6 is 23.2 Å². The first-order valence-electron chi connectivity index (χ1n) is 7.40. The number of urea groups is 1. The minimum Gasteiger partial charge on any atom is -0.455 e. The summed E-state index contributed by atoms with van der Waals surface area (Å²) in [5.41, 5.74) is -0.985. The molecular formula is C14H20Cl2N2O4. The third-order valence-corrected chi connectivity index (χ3v) is 5.34. The van der Waals surface area contributed by atoms with Crippen LogP contribution in [0.2, 0.25) is 0 Å². The Hall–Kier alpha value is -1.01. The van der Waals surface area contributed by atoms with Crippen molar-refractivity contribution < 1.29 is 19.1 Å². The van der Waals surface area contributed by atoms with E-state index in [1.807, 2.05) is 0 Å². The number of hydrogen-bond acceptors (Lipinski definition) is 4. The molecule has 0 bridgehead atoms. The Morgan fingerprint density at radius 1 is 1.18 bits per heavy atom. The van der Waals surface area contributed by atoms with E-state index in [0.29, 0.717) is 0 Å². The number of esters is 1. The lowest BCUT2D eigenvalue weighted by molar-refractivity contribution is -0.153. The molecule has 0 aliphatic heterocycles. The van der Waals surface area contributed by atoms with Gasteiger partial charge in [0.1, 0.15) is 9.75 Å². The van der Waals surface area contributed by atoms with Gasteiger partial charge >= 0.3 is 12.0 Å². The van der Waals surface area contributed by atoms with E-state index in [1.54, 1.807) is 6.92 Å². The topological polar surface area (TPSA) is 84.5 Å². The molecule has 0 saturated heterocycles.